The van der Waals surface area contributed by atoms with Gasteiger partial charge < -0.3 is 10.1 Å². The highest BCUT2D eigenvalue weighted by Gasteiger charge is 2.21. The van der Waals surface area contributed by atoms with Gasteiger partial charge in [-0.05, 0) is 49.6 Å². The van der Waals surface area contributed by atoms with Gasteiger partial charge in [0.2, 0.25) is 0 Å². The standard InChI is InChI=1S/C12H16ClNO/c1-14-7-10-4-11(13)6-12(5-10)15-8-9-2-3-9/h4-6,9,14H,2-3,7-8H2,1H3. The zero-order valence-corrected chi connectivity index (χ0v) is 9.68. The first-order valence-corrected chi connectivity index (χ1v) is 5.72. The fourth-order valence-electron chi connectivity index (χ4n) is 1.51. The summed E-state index contributed by atoms with van der Waals surface area (Å²) in [5.74, 6) is 1.66. The van der Waals surface area contributed by atoms with Crippen LogP contribution in [-0.4, -0.2) is 13.7 Å². The third kappa shape index (κ3) is 3.40. The number of ether oxygens (including phenoxy) is 1. The molecule has 1 aliphatic carbocycles. The zero-order chi connectivity index (χ0) is 10.7. The first-order valence-electron chi connectivity index (χ1n) is 5.35. The molecule has 0 aliphatic heterocycles. The van der Waals surface area contributed by atoms with Crippen molar-refractivity contribution in [1.29, 1.82) is 0 Å². The van der Waals surface area contributed by atoms with E-state index in [9.17, 15) is 0 Å². The molecule has 82 valence electrons. The van der Waals surface area contributed by atoms with E-state index in [1.807, 2.05) is 25.2 Å². The van der Waals surface area contributed by atoms with E-state index in [-0.39, 0.29) is 0 Å². The van der Waals surface area contributed by atoms with E-state index >= 15 is 0 Å². The largest absolute Gasteiger partial charge is 0.493 e. The van der Waals surface area contributed by atoms with Gasteiger partial charge in [0.15, 0.2) is 0 Å². The molecular weight excluding hydrogens is 210 g/mol. The molecule has 1 aromatic rings. The maximum absolute atomic E-state index is 6.01. The number of nitrogens with one attached hydrogen (secondary N) is 1. The van der Waals surface area contributed by atoms with Gasteiger partial charge in [0.25, 0.3) is 0 Å². The quantitative estimate of drug-likeness (QED) is 0.832. The average molecular weight is 226 g/mol. The summed E-state index contributed by atoms with van der Waals surface area (Å²) in [6, 6.07) is 5.88. The Labute approximate surface area is 95.6 Å². The third-order valence-electron chi connectivity index (χ3n) is 2.49. The fraction of sp³-hybridized carbons (Fsp3) is 0.500. The molecule has 0 atom stereocenters. The van der Waals surface area contributed by atoms with Gasteiger partial charge in [-0.25, -0.2) is 0 Å². The van der Waals surface area contributed by atoms with Gasteiger partial charge in [0, 0.05) is 11.6 Å². The van der Waals surface area contributed by atoms with Crippen molar-refractivity contribution in [3.63, 3.8) is 0 Å². The predicted molar refractivity (Wildman–Crippen MR) is 62.4 cm³/mol. The highest BCUT2D eigenvalue weighted by Crippen LogP contribution is 2.30. The SMILES string of the molecule is CNCc1cc(Cl)cc(OCC2CC2)c1. The van der Waals surface area contributed by atoms with Crippen LogP contribution in [0.5, 0.6) is 5.75 Å². The Bertz CT molecular complexity index is 336. The van der Waals surface area contributed by atoms with E-state index in [4.69, 9.17) is 16.3 Å². The Morgan fingerprint density at radius 2 is 2.20 bits per heavy atom. The lowest BCUT2D eigenvalue weighted by molar-refractivity contribution is 0.299. The molecule has 0 unspecified atom stereocenters. The summed E-state index contributed by atoms with van der Waals surface area (Å²) in [6.45, 7) is 1.65. The molecule has 2 nitrogen and oxygen atoms in total. The summed E-state index contributed by atoms with van der Waals surface area (Å²) in [7, 11) is 1.92. The van der Waals surface area contributed by atoms with Crippen molar-refractivity contribution >= 4 is 11.6 Å². The molecule has 1 saturated carbocycles. The monoisotopic (exact) mass is 225 g/mol. The number of benzene rings is 1. The molecule has 3 heteroatoms. The topological polar surface area (TPSA) is 21.3 Å². The van der Waals surface area contributed by atoms with Crippen LogP contribution in [0.4, 0.5) is 0 Å². The molecule has 1 aliphatic rings. The Kier molecular flexibility index (Phi) is 3.49. The van der Waals surface area contributed by atoms with Gasteiger partial charge in [-0.2, -0.15) is 0 Å². The minimum atomic E-state index is 0.744. The Morgan fingerprint density at radius 3 is 2.87 bits per heavy atom. The van der Waals surface area contributed by atoms with Gasteiger partial charge >= 0.3 is 0 Å². The Balaban J connectivity index is 2.00. The van der Waals surface area contributed by atoms with Crippen LogP contribution in [0.25, 0.3) is 0 Å². The van der Waals surface area contributed by atoms with Gasteiger partial charge in [-0.3, -0.25) is 0 Å². The Morgan fingerprint density at radius 1 is 1.40 bits per heavy atom. The molecule has 1 aromatic carbocycles. The lowest BCUT2D eigenvalue weighted by Gasteiger charge is -2.08. The molecule has 2 rings (SSSR count). The molecule has 15 heavy (non-hydrogen) atoms. The van der Waals surface area contributed by atoms with E-state index < -0.39 is 0 Å². The van der Waals surface area contributed by atoms with Crippen LogP contribution in [-0.2, 0) is 6.54 Å². The maximum Gasteiger partial charge on any atom is 0.121 e. The molecule has 0 aromatic heterocycles. The van der Waals surface area contributed by atoms with Gasteiger partial charge in [0.05, 0.1) is 6.61 Å². The predicted octanol–water partition coefficient (Wildman–Crippen LogP) is 2.85. The first-order chi connectivity index (χ1) is 7.28. The van der Waals surface area contributed by atoms with Gasteiger partial charge in [-0.15, -0.1) is 0 Å². The first kappa shape index (κ1) is 10.8. The molecule has 0 radical (unpaired) electrons. The van der Waals surface area contributed by atoms with Gasteiger partial charge in [0.1, 0.15) is 5.75 Å². The van der Waals surface area contributed by atoms with Gasteiger partial charge in [-0.1, -0.05) is 11.6 Å². The normalized spacial score (nSPS) is 15.3. The molecule has 1 fully saturated rings. The van der Waals surface area contributed by atoms with E-state index in [0.717, 1.165) is 35.4 Å². The van der Waals surface area contributed by atoms with E-state index in [1.54, 1.807) is 0 Å². The van der Waals surface area contributed by atoms with Crippen molar-refractivity contribution in [1.82, 2.24) is 5.32 Å². The second-order valence-corrected chi connectivity index (χ2v) is 4.52. The molecule has 0 heterocycles. The number of hydrogen-bond acceptors (Lipinski definition) is 2. The lowest BCUT2D eigenvalue weighted by Crippen LogP contribution is -2.06. The Hall–Kier alpha value is -0.730. The van der Waals surface area contributed by atoms with Crippen molar-refractivity contribution in [2.45, 2.75) is 19.4 Å². The average Bonchev–Trinajstić information content (AvgIpc) is 2.98. The van der Waals surface area contributed by atoms with Crippen LogP contribution >= 0.6 is 11.6 Å². The molecule has 0 bridgehead atoms. The van der Waals surface area contributed by atoms with Crippen LogP contribution in [0.2, 0.25) is 5.02 Å². The van der Waals surface area contributed by atoms with Crippen molar-refractivity contribution in [3.05, 3.63) is 28.8 Å². The number of rotatable bonds is 5. The molecule has 0 amide bonds. The smallest absolute Gasteiger partial charge is 0.121 e. The summed E-state index contributed by atoms with van der Waals surface area (Å²) in [5.41, 5.74) is 1.16. The number of hydrogen-bond donors (Lipinski definition) is 1. The van der Waals surface area contributed by atoms with Crippen LogP contribution < -0.4 is 10.1 Å². The van der Waals surface area contributed by atoms with Crippen LogP contribution in [0.15, 0.2) is 18.2 Å². The fourth-order valence-corrected chi connectivity index (χ4v) is 1.76. The lowest BCUT2D eigenvalue weighted by atomic mass is 10.2. The van der Waals surface area contributed by atoms with Crippen molar-refractivity contribution in [2.24, 2.45) is 5.92 Å². The zero-order valence-electron chi connectivity index (χ0n) is 8.92. The highest BCUT2D eigenvalue weighted by molar-refractivity contribution is 6.30. The summed E-state index contributed by atoms with van der Waals surface area (Å²) in [6.07, 6.45) is 2.62. The van der Waals surface area contributed by atoms with E-state index in [2.05, 4.69) is 5.32 Å². The summed E-state index contributed by atoms with van der Waals surface area (Å²) in [5, 5.41) is 3.85. The number of halogens is 1. The summed E-state index contributed by atoms with van der Waals surface area (Å²) < 4.78 is 5.69. The molecule has 1 N–H and O–H groups in total. The highest BCUT2D eigenvalue weighted by atomic mass is 35.5. The van der Waals surface area contributed by atoms with Crippen LogP contribution in [0, 0.1) is 5.92 Å². The van der Waals surface area contributed by atoms with Crippen molar-refractivity contribution in [3.8, 4) is 5.75 Å². The summed E-state index contributed by atoms with van der Waals surface area (Å²) in [4.78, 5) is 0. The van der Waals surface area contributed by atoms with E-state index in [0.29, 0.717) is 0 Å². The third-order valence-corrected chi connectivity index (χ3v) is 2.71. The van der Waals surface area contributed by atoms with Crippen molar-refractivity contribution in [2.75, 3.05) is 13.7 Å². The minimum absolute atomic E-state index is 0.744. The molecule has 0 saturated heterocycles. The summed E-state index contributed by atoms with van der Waals surface area (Å²) >= 11 is 6.01. The second kappa shape index (κ2) is 4.86. The van der Waals surface area contributed by atoms with Crippen molar-refractivity contribution < 1.29 is 4.74 Å². The minimum Gasteiger partial charge on any atom is -0.493 e. The van der Waals surface area contributed by atoms with E-state index in [1.165, 1.54) is 12.8 Å². The second-order valence-electron chi connectivity index (χ2n) is 4.08. The van der Waals surface area contributed by atoms with Crippen LogP contribution in [0.3, 0.4) is 0 Å². The molecule has 0 spiro atoms. The van der Waals surface area contributed by atoms with Crippen LogP contribution in [0.1, 0.15) is 18.4 Å². The maximum atomic E-state index is 6.01. The molecular formula is C12H16ClNO.